The number of anilines is 1. The van der Waals surface area contributed by atoms with Crippen molar-refractivity contribution < 1.29 is 31.9 Å². The lowest BCUT2D eigenvalue weighted by Gasteiger charge is -2.26. The fraction of sp³-hybridized carbons (Fsp3) is 0.417. The van der Waals surface area contributed by atoms with Crippen LogP contribution in [0.15, 0.2) is 12.1 Å². The maximum absolute atomic E-state index is 13.7. The van der Waals surface area contributed by atoms with Crippen LogP contribution in [0.4, 0.5) is 27.6 Å². The molecule has 20 heavy (non-hydrogen) atoms. The highest BCUT2D eigenvalue weighted by Gasteiger charge is 2.32. The van der Waals surface area contributed by atoms with Gasteiger partial charge in [0.05, 0.1) is 11.3 Å². The molecule has 3 nitrogen and oxygen atoms in total. The van der Waals surface area contributed by atoms with E-state index in [9.17, 15) is 26.7 Å². The van der Waals surface area contributed by atoms with Gasteiger partial charge >= 0.3 is 12.1 Å². The Morgan fingerprint density at radius 2 is 1.85 bits per heavy atom. The molecule has 0 aliphatic carbocycles. The molecule has 1 aromatic carbocycles. The number of alkyl halides is 3. The van der Waals surface area contributed by atoms with E-state index in [0.29, 0.717) is 4.90 Å². The van der Waals surface area contributed by atoms with Gasteiger partial charge in [0.25, 0.3) is 0 Å². The molecule has 1 aromatic rings. The average molecular weight is 297 g/mol. The molecule has 0 bridgehead atoms. The summed E-state index contributed by atoms with van der Waals surface area (Å²) in [5.74, 6) is -4.95. The maximum atomic E-state index is 13.7. The highest BCUT2D eigenvalue weighted by Crippen LogP contribution is 2.27. The van der Waals surface area contributed by atoms with Crippen molar-refractivity contribution in [3.8, 4) is 0 Å². The minimum absolute atomic E-state index is 0.137. The smallest absolute Gasteiger partial charge is 0.405 e. The minimum Gasteiger partial charge on any atom is -0.478 e. The second kappa shape index (κ2) is 6.06. The zero-order chi connectivity index (χ0) is 15.5. The summed E-state index contributed by atoms with van der Waals surface area (Å²) in [4.78, 5) is 11.2. The minimum atomic E-state index is -4.58. The highest BCUT2D eigenvalue weighted by atomic mass is 19.4. The van der Waals surface area contributed by atoms with Gasteiger partial charge in [-0.15, -0.1) is 0 Å². The van der Waals surface area contributed by atoms with Crippen molar-refractivity contribution in [1.82, 2.24) is 0 Å². The molecule has 0 heterocycles. The van der Waals surface area contributed by atoms with Crippen LogP contribution in [0, 0.1) is 11.6 Å². The Labute approximate surface area is 111 Å². The topological polar surface area (TPSA) is 40.5 Å². The van der Waals surface area contributed by atoms with Crippen molar-refractivity contribution in [2.75, 3.05) is 18.0 Å². The monoisotopic (exact) mass is 297 g/mol. The molecule has 0 aromatic heterocycles. The molecule has 0 aliphatic heterocycles. The summed E-state index contributed by atoms with van der Waals surface area (Å²) in [6.07, 6.45) is -4.29. The van der Waals surface area contributed by atoms with Crippen molar-refractivity contribution in [3.05, 3.63) is 29.3 Å². The Bertz CT molecular complexity index is 501. The van der Waals surface area contributed by atoms with E-state index in [1.165, 1.54) is 0 Å². The van der Waals surface area contributed by atoms with Crippen molar-refractivity contribution in [2.45, 2.75) is 19.5 Å². The molecule has 8 heteroatoms. The fourth-order valence-electron chi connectivity index (χ4n) is 1.72. The van der Waals surface area contributed by atoms with E-state index in [4.69, 9.17) is 5.11 Å². The molecule has 0 radical (unpaired) electrons. The fourth-order valence-corrected chi connectivity index (χ4v) is 1.72. The first-order valence-corrected chi connectivity index (χ1v) is 5.70. The van der Waals surface area contributed by atoms with E-state index >= 15 is 0 Å². The lowest BCUT2D eigenvalue weighted by atomic mass is 10.1. The summed E-state index contributed by atoms with van der Waals surface area (Å²) in [6, 6.07) is 1.58. The quantitative estimate of drug-likeness (QED) is 0.846. The first-order chi connectivity index (χ1) is 9.17. The van der Waals surface area contributed by atoms with Gasteiger partial charge in [-0.2, -0.15) is 13.2 Å². The summed E-state index contributed by atoms with van der Waals surface area (Å²) in [7, 11) is 0. The predicted molar refractivity (Wildman–Crippen MR) is 61.9 cm³/mol. The van der Waals surface area contributed by atoms with Crippen molar-refractivity contribution in [2.24, 2.45) is 0 Å². The van der Waals surface area contributed by atoms with E-state index in [0.717, 1.165) is 12.1 Å². The molecular weight excluding hydrogens is 285 g/mol. The Morgan fingerprint density at radius 3 is 2.30 bits per heavy atom. The second-order valence-electron chi connectivity index (χ2n) is 4.10. The lowest BCUT2D eigenvalue weighted by Crippen LogP contribution is -2.35. The van der Waals surface area contributed by atoms with Crippen LogP contribution in [0.2, 0.25) is 0 Å². The molecular formula is C12H12F5NO2. The molecule has 0 amide bonds. The van der Waals surface area contributed by atoms with Crippen LogP contribution in [0.25, 0.3) is 0 Å². The molecule has 1 N–H and O–H groups in total. The van der Waals surface area contributed by atoms with Gasteiger partial charge in [-0.3, -0.25) is 0 Å². The maximum Gasteiger partial charge on any atom is 0.405 e. The highest BCUT2D eigenvalue weighted by molar-refractivity contribution is 5.88. The molecule has 0 unspecified atom stereocenters. The number of aromatic carboxylic acids is 1. The number of carboxylic acids is 1. The van der Waals surface area contributed by atoms with Crippen molar-refractivity contribution in [1.29, 1.82) is 0 Å². The number of nitrogens with zero attached hydrogens (tertiary/aromatic N) is 1. The third-order valence-electron chi connectivity index (χ3n) is 2.50. The average Bonchev–Trinajstić information content (AvgIpc) is 2.30. The third kappa shape index (κ3) is 3.82. The van der Waals surface area contributed by atoms with Crippen LogP contribution >= 0.6 is 0 Å². The standard InChI is InChI=1S/C12H12F5NO2/c1-2-5-18(6-12(15,16)17)8-4-3-7(11(19)20)9(13)10(8)14/h3-4H,2,5-6H2,1H3,(H,19,20). The van der Waals surface area contributed by atoms with Gasteiger partial charge in [-0.1, -0.05) is 6.92 Å². The lowest BCUT2D eigenvalue weighted by molar-refractivity contribution is -0.119. The summed E-state index contributed by atoms with van der Waals surface area (Å²) >= 11 is 0. The number of carboxylic acid groups (broad SMARTS) is 1. The third-order valence-corrected chi connectivity index (χ3v) is 2.50. The van der Waals surface area contributed by atoms with E-state index in [1.807, 2.05) is 0 Å². The SMILES string of the molecule is CCCN(CC(F)(F)F)c1ccc(C(=O)O)c(F)c1F. The van der Waals surface area contributed by atoms with Crippen LogP contribution in [-0.4, -0.2) is 30.3 Å². The number of benzene rings is 1. The Kier molecular flexibility index (Phi) is 4.91. The number of hydrogen-bond acceptors (Lipinski definition) is 2. The summed E-state index contributed by atoms with van der Waals surface area (Å²) in [5.41, 5.74) is -1.53. The molecule has 0 fully saturated rings. The van der Waals surface area contributed by atoms with Gasteiger partial charge in [0.2, 0.25) is 0 Å². The molecule has 0 saturated heterocycles. The van der Waals surface area contributed by atoms with Gasteiger partial charge in [0, 0.05) is 6.54 Å². The van der Waals surface area contributed by atoms with E-state index in [1.54, 1.807) is 6.92 Å². The van der Waals surface area contributed by atoms with Gasteiger partial charge in [-0.25, -0.2) is 13.6 Å². The number of rotatable bonds is 5. The first kappa shape index (κ1) is 16.2. The van der Waals surface area contributed by atoms with Crippen molar-refractivity contribution >= 4 is 11.7 Å². The largest absolute Gasteiger partial charge is 0.478 e. The van der Waals surface area contributed by atoms with Crippen LogP contribution in [0.1, 0.15) is 23.7 Å². The number of carbonyl (C=O) groups is 1. The van der Waals surface area contributed by atoms with Crippen molar-refractivity contribution in [3.63, 3.8) is 0 Å². The second-order valence-corrected chi connectivity index (χ2v) is 4.10. The zero-order valence-electron chi connectivity index (χ0n) is 10.5. The Balaban J connectivity index is 3.21. The van der Waals surface area contributed by atoms with Gasteiger partial charge in [-0.05, 0) is 18.6 Å². The number of halogens is 5. The van der Waals surface area contributed by atoms with Gasteiger partial charge in [0.1, 0.15) is 6.54 Å². The molecule has 0 spiro atoms. The summed E-state index contributed by atoms with van der Waals surface area (Å²) in [6.45, 7) is 0.00909. The Morgan fingerprint density at radius 1 is 1.25 bits per heavy atom. The van der Waals surface area contributed by atoms with E-state index in [2.05, 4.69) is 0 Å². The molecule has 0 atom stereocenters. The Hall–Kier alpha value is -1.86. The zero-order valence-corrected chi connectivity index (χ0v) is 10.5. The predicted octanol–water partition coefficient (Wildman–Crippen LogP) is 3.44. The number of hydrogen-bond donors (Lipinski definition) is 1. The molecule has 0 aliphatic rings. The van der Waals surface area contributed by atoms with E-state index in [-0.39, 0.29) is 13.0 Å². The molecule has 1 rings (SSSR count). The van der Waals surface area contributed by atoms with Gasteiger partial charge < -0.3 is 10.0 Å². The normalized spacial score (nSPS) is 11.5. The van der Waals surface area contributed by atoms with E-state index < -0.39 is 41.6 Å². The van der Waals surface area contributed by atoms with Crippen LogP contribution in [-0.2, 0) is 0 Å². The van der Waals surface area contributed by atoms with Crippen LogP contribution in [0.5, 0.6) is 0 Å². The molecule has 112 valence electrons. The molecule has 0 saturated carbocycles. The van der Waals surface area contributed by atoms with Crippen LogP contribution in [0.3, 0.4) is 0 Å². The summed E-state index contributed by atoms with van der Waals surface area (Å²) < 4.78 is 64.4. The van der Waals surface area contributed by atoms with Crippen LogP contribution < -0.4 is 4.90 Å². The summed E-state index contributed by atoms with van der Waals surface area (Å²) in [5, 5.41) is 8.61. The first-order valence-electron chi connectivity index (χ1n) is 5.70. The van der Waals surface area contributed by atoms with Gasteiger partial charge in [0.15, 0.2) is 11.6 Å².